The number of nitrogens with one attached hydrogen (secondary N) is 1. The quantitative estimate of drug-likeness (QED) is 0.853. The van der Waals surface area contributed by atoms with Gasteiger partial charge in [-0.15, -0.1) is 11.3 Å². The first-order valence-corrected chi connectivity index (χ1v) is 10.7. The summed E-state index contributed by atoms with van der Waals surface area (Å²) in [7, 11) is 0. The van der Waals surface area contributed by atoms with Crippen LogP contribution in [-0.2, 0) is 0 Å². The number of carbonyl (C=O) groups excluding carboxylic acids is 1. The molecular formula is C21H26FN3OS. The highest BCUT2D eigenvalue weighted by Crippen LogP contribution is 2.31. The third kappa shape index (κ3) is 4.06. The van der Waals surface area contributed by atoms with Crippen LogP contribution in [0.25, 0.3) is 10.6 Å². The lowest BCUT2D eigenvalue weighted by Gasteiger charge is -2.44. The Balaban J connectivity index is 1.42. The van der Waals surface area contributed by atoms with Gasteiger partial charge in [0.05, 0.1) is 5.69 Å². The van der Waals surface area contributed by atoms with Crippen molar-refractivity contribution in [3.05, 3.63) is 40.7 Å². The summed E-state index contributed by atoms with van der Waals surface area (Å²) in [6.45, 7) is 5.03. The first-order chi connectivity index (χ1) is 13.1. The number of thiazole rings is 1. The van der Waals surface area contributed by atoms with Gasteiger partial charge in [0.25, 0.3) is 5.91 Å². The van der Waals surface area contributed by atoms with Gasteiger partial charge in [0.2, 0.25) is 0 Å². The standard InChI is InChI=1S/C21H26FN3OS/c1-14-19(27-21(24-14)15-7-9-17(22)10-8-15)20(26)23-13-16-5-4-12-25-11-3-2-6-18(16)25/h7-10,16,18H,2-6,11-13H2,1H3,(H,23,26)/t16-,18-/m0/s1. The molecule has 0 aliphatic carbocycles. The summed E-state index contributed by atoms with van der Waals surface area (Å²) >= 11 is 1.38. The maximum absolute atomic E-state index is 13.1. The topological polar surface area (TPSA) is 45.2 Å². The number of hydrogen-bond donors (Lipinski definition) is 1. The highest BCUT2D eigenvalue weighted by molar-refractivity contribution is 7.17. The molecule has 0 saturated carbocycles. The minimum absolute atomic E-state index is 0.0358. The average molecular weight is 388 g/mol. The molecule has 27 heavy (non-hydrogen) atoms. The predicted molar refractivity (Wildman–Crippen MR) is 107 cm³/mol. The van der Waals surface area contributed by atoms with Crippen molar-refractivity contribution in [1.82, 2.24) is 15.2 Å². The molecule has 6 heteroatoms. The zero-order chi connectivity index (χ0) is 18.8. The summed E-state index contributed by atoms with van der Waals surface area (Å²) in [5.74, 6) is 0.244. The number of aryl methyl sites for hydroxylation is 1. The van der Waals surface area contributed by atoms with Gasteiger partial charge >= 0.3 is 0 Å². The van der Waals surface area contributed by atoms with E-state index in [1.807, 2.05) is 6.92 Å². The number of aromatic nitrogens is 1. The lowest BCUT2D eigenvalue weighted by atomic mass is 9.83. The van der Waals surface area contributed by atoms with E-state index in [9.17, 15) is 9.18 Å². The van der Waals surface area contributed by atoms with Gasteiger partial charge < -0.3 is 10.2 Å². The summed E-state index contributed by atoms with van der Waals surface area (Å²) in [5.41, 5.74) is 1.58. The van der Waals surface area contributed by atoms with Crippen LogP contribution in [0, 0.1) is 18.7 Å². The van der Waals surface area contributed by atoms with Gasteiger partial charge in [0, 0.05) is 18.2 Å². The van der Waals surface area contributed by atoms with Gasteiger partial charge in [-0.05, 0) is 75.9 Å². The highest BCUT2D eigenvalue weighted by Gasteiger charge is 2.33. The lowest BCUT2D eigenvalue weighted by Crippen LogP contribution is -2.50. The van der Waals surface area contributed by atoms with Crippen molar-refractivity contribution in [3.8, 4) is 10.6 Å². The van der Waals surface area contributed by atoms with Crippen LogP contribution in [0.5, 0.6) is 0 Å². The predicted octanol–water partition coefficient (Wildman–Crippen LogP) is 4.25. The van der Waals surface area contributed by atoms with Crippen LogP contribution < -0.4 is 5.32 Å². The molecule has 2 aliphatic rings. The first kappa shape index (κ1) is 18.6. The smallest absolute Gasteiger partial charge is 0.263 e. The van der Waals surface area contributed by atoms with E-state index >= 15 is 0 Å². The Morgan fingerprint density at radius 2 is 2.00 bits per heavy atom. The molecule has 0 unspecified atom stereocenters. The molecule has 1 amide bonds. The third-order valence-electron chi connectivity index (χ3n) is 5.85. The average Bonchev–Trinajstić information content (AvgIpc) is 3.08. The molecule has 0 bridgehead atoms. The zero-order valence-electron chi connectivity index (χ0n) is 15.7. The molecule has 1 N–H and O–H groups in total. The van der Waals surface area contributed by atoms with Crippen molar-refractivity contribution < 1.29 is 9.18 Å². The van der Waals surface area contributed by atoms with Crippen LogP contribution in [0.1, 0.15) is 47.5 Å². The van der Waals surface area contributed by atoms with Crippen LogP contribution in [0.3, 0.4) is 0 Å². The fourth-order valence-corrected chi connectivity index (χ4v) is 5.43. The van der Waals surface area contributed by atoms with E-state index in [0.717, 1.165) is 22.8 Å². The molecule has 2 saturated heterocycles. The van der Waals surface area contributed by atoms with E-state index in [1.165, 1.54) is 68.7 Å². The first-order valence-electron chi connectivity index (χ1n) is 9.87. The second kappa shape index (κ2) is 8.07. The largest absolute Gasteiger partial charge is 0.351 e. The number of hydrogen-bond acceptors (Lipinski definition) is 4. The fourth-order valence-electron chi connectivity index (χ4n) is 4.44. The van der Waals surface area contributed by atoms with Crippen molar-refractivity contribution >= 4 is 17.2 Å². The van der Waals surface area contributed by atoms with Crippen LogP contribution in [0.15, 0.2) is 24.3 Å². The minimum atomic E-state index is -0.269. The van der Waals surface area contributed by atoms with E-state index in [1.54, 1.807) is 12.1 Å². The molecule has 0 spiro atoms. The number of fused-ring (bicyclic) bond motifs is 1. The number of carbonyl (C=O) groups is 1. The molecule has 4 nitrogen and oxygen atoms in total. The molecule has 2 fully saturated rings. The Bertz CT molecular complexity index is 802. The Hall–Kier alpha value is -1.79. The van der Waals surface area contributed by atoms with Gasteiger partial charge in [-0.1, -0.05) is 6.42 Å². The normalized spacial score (nSPS) is 23.0. The van der Waals surface area contributed by atoms with Crippen molar-refractivity contribution in [2.45, 2.75) is 45.1 Å². The second-order valence-corrected chi connectivity index (χ2v) is 8.65. The molecule has 3 heterocycles. The zero-order valence-corrected chi connectivity index (χ0v) is 16.5. The third-order valence-corrected chi connectivity index (χ3v) is 7.05. The Morgan fingerprint density at radius 1 is 1.22 bits per heavy atom. The van der Waals surface area contributed by atoms with E-state index in [-0.39, 0.29) is 11.7 Å². The number of rotatable bonds is 4. The number of halogens is 1. The summed E-state index contributed by atoms with van der Waals surface area (Å²) in [6.07, 6.45) is 6.30. The molecule has 1 aromatic carbocycles. The number of nitrogens with zero attached hydrogens (tertiary/aromatic N) is 2. The number of amides is 1. The summed E-state index contributed by atoms with van der Waals surface area (Å²) < 4.78 is 13.1. The molecule has 1 aromatic heterocycles. The Labute approximate surface area is 163 Å². The number of piperidine rings is 2. The fraction of sp³-hybridized carbons (Fsp3) is 0.524. The van der Waals surface area contributed by atoms with Crippen LogP contribution >= 0.6 is 11.3 Å². The van der Waals surface area contributed by atoms with Gasteiger partial charge in [0.1, 0.15) is 15.7 Å². The van der Waals surface area contributed by atoms with E-state index in [4.69, 9.17) is 0 Å². The van der Waals surface area contributed by atoms with Crippen LogP contribution in [0.4, 0.5) is 4.39 Å². The summed E-state index contributed by atoms with van der Waals surface area (Å²) in [6, 6.07) is 6.88. The van der Waals surface area contributed by atoms with Crippen molar-refractivity contribution in [3.63, 3.8) is 0 Å². The summed E-state index contributed by atoms with van der Waals surface area (Å²) in [5, 5.41) is 3.92. The van der Waals surface area contributed by atoms with Crippen LogP contribution in [-0.4, -0.2) is 41.5 Å². The molecule has 0 radical (unpaired) electrons. The van der Waals surface area contributed by atoms with E-state index in [2.05, 4.69) is 15.2 Å². The minimum Gasteiger partial charge on any atom is -0.351 e. The van der Waals surface area contributed by atoms with Gasteiger partial charge in [-0.3, -0.25) is 4.79 Å². The van der Waals surface area contributed by atoms with Crippen molar-refractivity contribution in [2.75, 3.05) is 19.6 Å². The van der Waals surface area contributed by atoms with E-state index < -0.39 is 0 Å². The van der Waals surface area contributed by atoms with Crippen molar-refractivity contribution in [1.29, 1.82) is 0 Å². The maximum atomic E-state index is 13.1. The Kier molecular flexibility index (Phi) is 5.55. The van der Waals surface area contributed by atoms with Crippen molar-refractivity contribution in [2.24, 2.45) is 5.92 Å². The highest BCUT2D eigenvalue weighted by atomic mass is 32.1. The Morgan fingerprint density at radius 3 is 2.81 bits per heavy atom. The van der Waals surface area contributed by atoms with E-state index in [0.29, 0.717) is 16.8 Å². The molecule has 2 atom stereocenters. The van der Waals surface area contributed by atoms with Gasteiger partial charge in [-0.25, -0.2) is 9.37 Å². The molecule has 2 aliphatic heterocycles. The van der Waals surface area contributed by atoms with Gasteiger partial charge in [-0.2, -0.15) is 0 Å². The number of benzene rings is 1. The molecule has 144 valence electrons. The lowest BCUT2D eigenvalue weighted by molar-refractivity contribution is 0.0576. The molecular weight excluding hydrogens is 361 g/mol. The molecule has 4 rings (SSSR count). The second-order valence-electron chi connectivity index (χ2n) is 7.65. The van der Waals surface area contributed by atoms with Crippen LogP contribution in [0.2, 0.25) is 0 Å². The summed E-state index contributed by atoms with van der Waals surface area (Å²) in [4.78, 5) is 20.5. The molecule has 2 aromatic rings. The van der Waals surface area contributed by atoms with Gasteiger partial charge in [0.15, 0.2) is 0 Å². The monoisotopic (exact) mass is 387 g/mol. The maximum Gasteiger partial charge on any atom is 0.263 e. The SMILES string of the molecule is Cc1nc(-c2ccc(F)cc2)sc1C(=O)NC[C@@H]1CCCN2CCCC[C@@H]12.